The largest absolute Gasteiger partial charge is 0.490 e. The van der Waals surface area contributed by atoms with Gasteiger partial charge in [0.15, 0.2) is 6.61 Å². The summed E-state index contributed by atoms with van der Waals surface area (Å²) < 4.78 is 10.6. The summed E-state index contributed by atoms with van der Waals surface area (Å²) in [6.07, 6.45) is 0. The Morgan fingerprint density at radius 3 is 2.94 bits per heavy atom. The van der Waals surface area contributed by atoms with Gasteiger partial charge in [0.05, 0.1) is 11.2 Å². The number of hydrogen-bond acceptors (Lipinski definition) is 4. The number of ether oxygens (including phenoxy) is 2. The molecule has 0 aromatic heterocycles. The van der Waals surface area contributed by atoms with Crippen LogP contribution in [0, 0.1) is 0 Å². The Morgan fingerprint density at radius 2 is 2.25 bits per heavy atom. The van der Waals surface area contributed by atoms with Gasteiger partial charge in [-0.15, -0.1) is 0 Å². The third kappa shape index (κ3) is 2.33. The first-order chi connectivity index (χ1) is 7.46. The summed E-state index contributed by atoms with van der Waals surface area (Å²) in [5.74, 6) is 1.14. The number of benzene rings is 1. The number of carbonyl (C=O) groups excluding carboxylic acids is 1. The van der Waals surface area contributed by atoms with Crippen LogP contribution in [0.15, 0.2) is 18.2 Å². The molecule has 0 radical (unpaired) electrons. The second kappa shape index (κ2) is 3.79. The van der Waals surface area contributed by atoms with Crippen molar-refractivity contribution in [3.63, 3.8) is 0 Å². The number of ketones is 1. The SMILES string of the molecule is CC(C)(O)COc1ccc2c(c1)OCC2=O. The Morgan fingerprint density at radius 1 is 1.50 bits per heavy atom. The molecule has 1 aromatic carbocycles. The van der Waals surface area contributed by atoms with E-state index >= 15 is 0 Å². The zero-order valence-electron chi connectivity index (χ0n) is 9.32. The summed E-state index contributed by atoms with van der Waals surface area (Å²) in [6.45, 7) is 3.63. The van der Waals surface area contributed by atoms with E-state index in [4.69, 9.17) is 9.47 Å². The van der Waals surface area contributed by atoms with Crippen LogP contribution in [-0.2, 0) is 0 Å². The quantitative estimate of drug-likeness (QED) is 0.840. The molecule has 0 fully saturated rings. The van der Waals surface area contributed by atoms with Gasteiger partial charge >= 0.3 is 0 Å². The zero-order chi connectivity index (χ0) is 11.8. The second-order valence-corrected chi connectivity index (χ2v) is 4.47. The number of rotatable bonds is 3. The number of Topliss-reactive ketones (excluding diaryl/α,β-unsaturated/α-hetero) is 1. The summed E-state index contributed by atoms with van der Waals surface area (Å²) in [5.41, 5.74) is -0.286. The van der Waals surface area contributed by atoms with Gasteiger partial charge in [-0.05, 0) is 26.0 Å². The molecule has 0 unspecified atom stereocenters. The normalized spacial score (nSPS) is 14.6. The molecule has 0 saturated carbocycles. The van der Waals surface area contributed by atoms with Gasteiger partial charge in [0.25, 0.3) is 0 Å². The molecular formula is C12H14O4. The van der Waals surface area contributed by atoms with E-state index in [0.29, 0.717) is 17.1 Å². The van der Waals surface area contributed by atoms with E-state index in [1.54, 1.807) is 32.0 Å². The van der Waals surface area contributed by atoms with Gasteiger partial charge in [-0.2, -0.15) is 0 Å². The monoisotopic (exact) mass is 222 g/mol. The number of fused-ring (bicyclic) bond motifs is 1. The molecule has 0 saturated heterocycles. The van der Waals surface area contributed by atoms with Crippen molar-refractivity contribution in [1.29, 1.82) is 0 Å². The molecular weight excluding hydrogens is 208 g/mol. The average Bonchev–Trinajstić information content (AvgIpc) is 2.56. The molecule has 4 nitrogen and oxygen atoms in total. The number of aliphatic hydroxyl groups is 1. The third-order valence-corrected chi connectivity index (χ3v) is 2.20. The Hall–Kier alpha value is -1.55. The lowest BCUT2D eigenvalue weighted by molar-refractivity contribution is 0.0284. The molecule has 0 bridgehead atoms. The standard InChI is InChI=1S/C12H14O4/c1-12(2,14)7-16-8-3-4-9-10(13)6-15-11(9)5-8/h3-5,14H,6-7H2,1-2H3. The van der Waals surface area contributed by atoms with Crippen LogP contribution in [0.1, 0.15) is 24.2 Å². The predicted octanol–water partition coefficient (Wildman–Crippen LogP) is 1.41. The fourth-order valence-corrected chi connectivity index (χ4v) is 1.42. The molecule has 86 valence electrons. The molecule has 0 atom stereocenters. The molecule has 1 aromatic rings. The highest BCUT2D eigenvalue weighted by molar-refractivity contribution is 6.02. The van der Waals surface area contributed by atoms with Gasteiger partial charge in [-0.3, -0.25) is 4.79 Å². The van der Waals surface area contributed by atoms with E-state index in [1.807, 2.05) is 0 Å². The Labute approximate surface area is 93.8 Å². The van der Waals surface area contributed by atoms with Crippen LogP contribution in [0.3, 0.4) is 0 Å². The lowest BCUT2D eigenvalue weighted by Gasteiger charge is -2.17. The van der Waals surface area contributed by atoms with Crippen molar-refractivity contribution < 1.29 is 19.4 Å². The summed E-state index contributed by atoms with van der Waals surface area (Å²) in [5, 5.41) is 9.50. The van der Waals surface area contributed by atoms with Crippen molar-refractivity contribution in [2.75, 3.05) is 13.2 Å². The maximum Gasteiger partial charge on any atom is 0.203 e. The maximum absolute atomic E-state index is 11.3. The summed E-state index contributed by atoms with van der Waals surface area (Å²) >= 11 is 0. The van der Waals surface area contributed by atoms with E-state index in [-0.39, 0.29) is 19.0 Å². The van der Waals surface area contributed by atoms with E-state index in [2.05, 4.69) is 0 Å². The minimum Gasteiger partial charge on any atom is -0.490 e. The van der Waals surface area contributed by atoms with Gasteiger partial charge in [0.2, 0.25) is 5.78 Å². The number of hydrogen-bond donors (Lipinski definition) is 1. The van der Waals surface area contributed by atoms with E-state index < -0.39 is 5.60 Å². The van der Waals surface area contributed by atoms with Crippen molar-refractivity contribution in [2.45, 2.75) is 19.4 Å². The van der Waals surface area contributed by atoms with E-state index in [0.717, 1.165) is 0 Å². The second-order valence-electron chi connectivity index (χ2n) is 4.47. The van der Waals surface area contributed by atoms with Gasteiger partial charge in [-0.25, -0.2) is 0 Å². The first kappa shape index (κ1) is 11.0. The lowest BCUT2D eigenvalue weighted by Crippen LogP contribution is -2.27. The van der Waals surface area contributed by atoms with Crippen LogP contribution < -0.4 is 9.47 Å². The average molecular weight is 222 g/mol. The Kier molecular flexibility index (Phi) is 2.59. The Balaban J connectivity index is 2.11. The fourth-order valence-electron chi connectivity index (χ4n) is 1.42. The fraction of sp³-hybridized carbons (Fsp3) is 0.417. The predicted molar refractivity (Wildman–Crippen MR) is 58.1 cm³/mol. The smallest absolute Gasteiger partial charge is 0.203 e. The van der Waals surface area contributed by atoms with Gasteiger partial charge in [0.1, 0.15) is 18.1 Å². The topological polar surface area (TPSA) is 55.8 Å². The molecule has 0 amide bonds. The Bertz CT molecular complexity index is 418. The van der Waals surface area contributed by atoms with Crippen molar-refractivity contribution in [3.8, 4) is 11.5 Å². The molecule has 1 N–H and O–H groups in total. The highest BCUT2D eigenvalue weighted by atomic mass is 16.5. The highest BCUT2D eigenvalue weighted by Gasteiger charge is 2.21. The van der Waals surface area contributed by atoms with Crippen LogP contribution in [0.4, 0.5) is 0 Å². The van der Waals surface area contributed by atoms with Gasteiger partial charge in [0, 0.05) is 6.07 Å². The van der Waals surface area contributed by atoms with Crippen LogP contribution in [0.25, 0.3) is 0 Å². The first-order valence-corrected chi connectivity index (χ1v) is 5.11. The summed E-state index contributed by atoms with van der Waals surface area (Å²) in [4.78, 5) is 11.3. The van der Waals surface area contributed by atoms with Crippen molar-refractivity contribution >= 4 is 5.78 Å². The lowest BCUT2D eigenvalue weighted by atomic mass is 10.1. The van der Waals surface area contributed by atoms with Crippen molar-refractivity contribution in [2.24, 2.45) is 0 Å². The first-order valence-electron chi connectivity index (χ1n) is 5.11. The molecule has 1 heterocycles. The van der Waals surface area contributed by atoms with E-state index in [1.165, 1.54) is 0 Å². The number of carbonyl (C=O) groups is 1. The minimum absolute atomic E-state index is 0.0101. The van der Waals surface area contributed by atoms with Crippen LogP contribution >= 0.6 is 0 Å². The molecule has 0 aliphatic carbocycles. The molecule has 1 aliphatic heterocycles. The molecule has 2 rings (SSSR count). The maximum atomic E-state index is 11.3. The summed E-state index contributed by atoms with van der Waals surface area (Å²) in [7, 11) is 0. The zero-order valence-corrected chi connectivity index (χ0v) is 9.32. The van der Waals surface area contributed by atoms with Crippen molar-refractivity contribution in [1.82, 2.24) is 0 Å². The van der Waals surface area contributed by atoms with Gasteiger partial charge in [-0.1, -0.05) is 0 Å². The molecule has 4 heteroatoms. The van der Waals surface area contributed by atoms with Crippen LogP contribution in [0.5, 0.6) is 11.5 Å². The third-order valence-electron chi connectivity index (χ3n) is 2.20. The molecule has 16 heavy (non-hydrogen) atoms. The van der Waals surface area contributed by atoms with E-state index in [9.17, 15) is 9.90 Å². The van der Waals surface area contributed by atoms with Crippen LogP contribution in [0.2, 0.25) is 0 Å². The summed E-state index contributed by atoms with van der Waals surface area (Å²) in [6, 6.07) is 5.06. The van der Waals surface area contributed by atoms with Gasteiger partial charge < -0.3 is 14.6 Å². The molecule has 0 spiro atoms. The minimum atomic E-state index is -0.879. The molecule has 1 aliphatic rings. The van der Waals surface area contributed by atoms with Crippen LogP contribution in [-0.4, -0.2) is 29.7 Å². The highest BCUT2D eigenvalue weighted by Crippen LogP contribution is 2.29. The van der Waals surface area contributed by atoms with Crippen molar-refractivity contribution in [3.05, 3.63) is 23.8 Å².